The van der Waals surface area contributed by atoms with Gasteiger partial charge in [-0.15, -0.1) is 0 Å². The number of hydrogen-bond acceptors (Lipinski definition) is 4. The van der Waals surface area contributed by atoms with Crippen molar-refractivity contribution < 1.29 is 4.42 Å². The van der Waals surface area contributed by atoms with Gasteiger partial charge >= 0.3 is 0 Å². The summed E-state index contributed by atoms with van der Waals surface area (Å²) < 4.78 is 8.40. The van der Waals surface area contributed by atoms with Crippen LogP contribution in [0.2, 0.25) is 0 Å². The average Bonchev–Trinajstić information content (AvgIpc) is 4.10. The van der Waals surface area contributed by atoms with Crippen molar-refractivity contribution in [1.82, 2.24) is 19.5 Å². The van der Waals surface area contributed by atoms with Gasteiger partial charge in [-0.2, -0.15) is 0 Å². The van der Waals surface area contributed by atoms with Gasteiger partial charge in [-0.1, -0.05) is 196 Å². The predicted octanol–water partition coefficient (Wildman–Crippen LogP) is 17.8. The smallest absolute Gasteiger partial charge is 0.164 e. The van der Waals surface area contributed by atoms with Crippen molar-refractivity contribution in [2.75, 3.05) is 0 Å². The molecule has 0 saturated carbocycles. The maximum absolute atomic E-state index is 5.93. The van der Waals surface area contributed by atoms with Crippen LogP contribution in [0.15, 0.2) is 236 Å². The normalized spacial score (nSPS) is 12.7. The molecular formula is C68H46N4O. The van der Waals surface area contributed by atoms with Gasteiger partial charge in [-0.3, -0.25) is 0 Å². The number of rotatable bonds is 8. The van der Waals surface area contributed by atoms with Gasteiger partial charge in [0.25, 0.3) is 0 Å². The summed E-state index contributed by atoms with van der Waals surface area (Å²) in [5.41, 5.74) is 20.0. The number of hydrogen-bond donors (Lipinski definition) is 0. The van der Waals surface area contributed by atoms with Crippen LogP contribution in [0, 0.1) is 0 Å². The van der Waals surface area contributed by atoms with Gasteiger partial charge in [0, 0.05) is 55.1 Å². The summed E-state index contributed by atoms with van der Waals surface area (Å²) in [5.74, 6) is 1.75. The standard InChI is InChI=1S/C68H46N4O/c1-4-42-41-73-62-40-51(30-33-53(42)62)67-70-65(44-17-6-5-7-18-44)69-66(71-67)50-23-13-20-46(37-50)47-21-14-24-52(38-47)72-61-35-32-43-16-8-9-25-54(43)63(61)57-28-15-27-55(64(57)72)49-22-12-19-45(36-49)48-31-34-60-58(39-48)56-26-10-11-29-59(56)68(60,2)3/h4-41H,1H2,2-3H3. The number of para-hydroxylation sites is 1. The van der Waals surface area contributed by atoms with Crippen LogP contribution in [0.1, 0.15) is 30.5 Å². The Hall–Kier alpha value is -9.45. The molecule has 0 bridgehead atoms. The van der Waals surface area contributed by atoms with Gasteiger partial charge in [0.15, 0.2) is 17.5 Å². The minimum absolute atomic E-state index is 0.0429. The maximum atomic E-state index is 5.93. The largest absolute Gasteiger partial charge is 0.464 e. The van der Waals surface area contributed by atoms with Crippen LogP contribution in [-0.4, -0.2) is 19.5 Å². The first-order chi connectivity index (χ1) is 35.9. The van der Waals surface area contributed by atoms with Crippen molar-refractivity contribution in [1.29, 1.82) is 0 Å². The van der Waals surface area contributed by atoms with Crippen molar-refractivity contribution in [3.8, 4) is 84.4 Å². The molecule has 0 aliphatic heterocycles. The van der Waals surface area contributed by atoms with Gasteiger partial charge in [0.2, 0.25) is 0 Å². The molecule has 5 nitrogen and oxygen atoms in total. The molecule has 1 aliphatic rings. The Labute approximate surface area is 423 Å². The fourth-order valence-corrected chi connectivity index (χ4v) is 11.5. The number of fused-ring (bicyclic) bond motifs is 9. The minimum atomic E-state index is -0.0429. The molecule has 0 atom stereocenters. The summed E-state index contributed by atoms with van der Waals surface area (Å²) in [5, 5.41) is 5.90. The Balaban J connectivity index is 0.904. The Morgan fingerprint density at radius 3 is 1.85 bits per heavy atom. The first-order valence-electron chi connectivity index (χ1n) is 24.8. The molecule has 3 aromatic heterocycles. The molecule has 0 saturated heterocycles. The first kappa shape index (κ1) is 42.4. The summed E-state index contributed by atoms with van der Waals surface area (Å²) >= 11 is 0. The second-order valence-electron chi connectivity index (χ2n) is 19.6. The summed E-state index contributed by atoms with van der Waals surface area (Å²) in [6.07, 6.45) is 3.53. The van der Waals surface area contributed by atoms with Crippen LogP contribution in [0.4, 0.5) is 0 Å². The SMILES string of the molecule is C=Cc1coc2cc(-c3nc(-c4ccccc4)nc(-c4cccc(-c5cccc(-n6c7ccc8ccccc8c7c7cccc(-c8cccc(-c9ccc%10c(c9)-c9ccccc9C%10(C)C)c8)c76)c5)c4)n3)ccc12. The maximum Gasteiger partial charge on any atom is 0.164 e. The van der Waals surface area contributed by atoms with Crippen LogP contribution in [0.25, 0.3) is 134 Å². The molecule has 1 aliphatic carbocycles. The topological polar surface area (TPSA) is 56.7 Å². The van der Waals surface area contributed by atoms with E-state index in [0.29, 0.717) is 17.5 Å². The monoisotopic (exact) mass is 934 g/mol. The second-order valence-corrected chi connectivity index (χ2v) is 19.6. The van der Waals surface area contributed by atoms with Crippen LogP contribution < -0.4 is 0 Å². The second kappa shape index (κ2) is 16.6. The van der Waals surface area contributed by atoms with Crippen molar-refractivity contribution in [3.63, 3.8) is 0 Å². The Bertz CT molecular complexity index is 4380. The van der Waals surface area contributed by atoms with Gasteiger partial charge in [0.1, 0.15) is 5.58 Å². The first-order valence-corrected chi connectivity index (χ1v) is 24.8. The Kier molecular flexibility index (Phi) is 9.64. The van der Waals surface area contributed by atoms with E-state index in [0.717, 1.165) is 55.6 Å². The Morgan fingerprint density at radius 1 is 0.438 bits per heavy atom. The van der Waals surface area contributed by atoms with E-state index >= 15 is 0 Å². The van der Waals surface area contributed by atoms with Gasteiger partial charge in [-0.05, 0) is 109 Å². The van der Waals surface area contributed by atoms with Crippen LogP contribution in [-0.2, 0) is 5.41 Å². The molecule has 0 unspecified atom stereocenters. The third-order valence-electron chi connectivity index (χ3n) is 15.1. The average molecular weight is 935 g/mol. The quantitative estimate of drug-likeness (QED) is 0.152. The number of nitrogens with zero attached hydrogens (tertiary/aromatic N) is 4. The van der Waals surface area contributed by atoms with Crippen molar-refractivity contribution in [3.05, 3.63) is 248 Å². The highest BCUT2D eigenvalue weighted by Crippen LogP contribution is 2.50. The van der Waals surface area contributed by atoms with E-state index in [1.807, 2.05) is 48.5 Å². The molecule has 0 amide bonds. The molecule has 5 heteroatoms. The number of furan rings is 1. The molecule has 344 valence electrons. The summed E-state index contributed by atoms with van der Waals surface area (Å²) in [7, 11) is 0. The highest BCUT2D eigenvalue weighted by atomic mass is 16.3. The lowest BCUT2D eigenvalue weighted by atomic mass is 9.82. The lowest BCUT2D eigenvalue weighted by Gasteiger charge is -2.21. The molecule has 14 rings (SSSR count). The summed E-state index contributed by atoms with van der Waals surface area (Å²) in [4.78, 5) is 15.2. The number of benzene rings is 10. The van der Waals surface area contributed by atoms with Crippen LogP contribution >= 0.6 is 0 Å². The fourth-order valence-electron chi connectivity index (χ4n) is 11.5. The summed E-state index contributed by atoms with van der Waals surface area (Å²) in [6.45, 7) is 8.63. The minimum Gasteiger partial charge on any atom is -0.464 e. The van der Waals surface area contributed by atoms with E-state index in [9.17, 15) is 0 Å². The van der Waals surface area contributed by atoms with E-state index in [-0.39, 0.29) is 5.41 Å². The molecule has 0 spiro atoms. The lowest BCUT2D eigenvalue weighted by molar-refractivity contribution is 0.615. The van der Waals surface area contributed by atoms with E-state index in [4.69, 9.17) is 19.4 Å². The van der Waals surface area contributed by atoms with E-state index in [1.54, 1.807) is 12.3 Å². The van der Waals surface area contributed by atoms with E-state index in [2.05, 4.69) is 195 Å². The molecule has 0 fully saturated rings. The molecule has 13 aromatic rings. The molecule has 73 heavy (non-hydrogen) atoms. The van der Waals surface area contributed by atoms with E-state index in [1.165, 1.54) is 71.6 Å². The molecule has 3 heterocycles. The zero-order valence-corrected chi connectivity index (χ0v) is 40.3. The molecule has 10 aromatic carbocycles. The van der Waals surface area contributed by atoms with Crippen LogP contribution in [0.3, 0.4) is 0 Å². The fraction of sp³-hybridized carbons (Fsp3) is 0.0441. The molecule has 0 N–H and O–H groups in total. The highest BCUT2D eigenvalue weighted by Gasteiger charge is 2.35. The molecule has 0 radical (unpaired) electrons. The zero-order valence-electron chi connectivity index (χ0n) is 40.3. The van der Waals surface area contributed by atoms with Crippen molar-refractivity contribution >= 4 is 49.6 Å². The van der Waals surface area contributed by atoms with Gasteiger partial charge in [0.05, 0.1) is 17.3 Å². The number of aromatic nitrogens is 4. The van der Waals surface area contributed by atoms with Crippen LogP contribution in [0.5, 0.6) is 0 Å². The zero-order chi connectivity index (χ0) is 48.8. The summed E-state index contributed by atoms with van der Waals surface area (Å²) in [6, 6.07) is 78.7. The predicted molar refractivity (Wildman–Crippen MR) is 302 cm³/mol. The highest BCUT2D eigenvalue weighted by molar-refractivity contribution is 6.23. The van der Waals surface area contributed by atoms with Crippen molar-refractivity contribution in [2.45, 2.75) is 19.3 Å². The van der Waals surface area contributed by atoms with E-state index < -0.39 is 0 Å². The lowest BCUT2D eigenvalue weighted by Crippen LogP contribution is -2.14. The Morgan fingerprint density at radius 2 is 1.03 bits per heavy atom. The third-order valence-corrected chi connectivity index (χ3v) is 15.1. The van der Waals surface area contributed by atoms with Gasteiger partial charge < -0.3 is 8.98 Å². The third kappa shape index (κ3) is 6.88. The van der Waals surface area contributed by atoms with Crippen molar-refractivity contribution in [2.24, 2.45) is 0 Å². The molecular weight excluding hydrogens is 889 g/mol. The van der Waals surface area contributed by atoms with Gasteiger partial charge in [-0.25, -0.2) is 15.0 Å².